The highest BCUT2D eigenvalue weighted by Crippen LogP contribution is 2.40. The van der Waals surface area contributed by atoms with Crippen LogP contribution in [0.1, 0.15) is 20.3 Å². The van der Waals surface area contributed by atoms with Crippen LogP contribution in [-0.4, -0.2) is 46.8 Å². The van der Waals surface area contributed by atoms with Crippen molar-refractivity contribution < 1.29 is 32.5 Å². The van der Waals surface area contributed by atoms with Crippen LogP contribution in [0, 0.1) is 0 Å². The van der Waals surface area contributed by atoms with Crippen molar-refractivity contribution in [3.63, 3.8) is 0 Å². The van der Waals surface area contributed by atoms with Gasteiger partial charge in [-0.1, -0.05) is 0 Å². The average molecular weight is 346 g/mol. The van der Waals surface area contributed by atoms with Crippen LogP contribution in [0.4, 0.5) is 13.2 Å². The van der Waals surface area contributed by atoms with Gasteiger partial charge in [-0.15, -0.1) is 0 Å². The van der Waals surface area contributed by atoms with Crippen LogP contribution in [0.5, 0.6) is 11.5 Å². The number of alkyl halides is 3. The van der Waals surface area contributed by atoms with Crippen LogP contribution in [0.25, 0.3) is 0 Å². The Morgan fingerprint density at radius 2 is 1.88 bits per heavy atom. The predicted molar refractivity (Wildman–Crippen MR) is 78.7 cm³/mol. The summed E-state index contributed by atoms with van der Waals surface area (Å²) in [6.45, 7) is 2.59. The topological polar surface area (TPSA) is 71.4 Å². The standard InChI is InChI=1S/C15H17F3N2O4/c1-9-8-14(22,15(16,17)18)20(19-9)13(21)10(2)24-12-6-4-11(23-3)5-7-12/h4-7,10,22H,8H2,1-3H3/t10-,14-/m1/s1. The van der Waals surface area contributed by atoms with Crippen molar-refractivity contribution in [3.8, 4) is 11.5 Å². The zero-order chi connectivity index (χ0) is 18.1. The van der Waals surface area contributed by atoms with E-state index in [1.807, 2.05) is 0 Å². The largest absolute Gasteiger partial charge is 0.497 e. The minimum absolute atomic E-state index is 0.000164. The first kappa shape index (κ1) is 18.1. The molecule has 0 bridgehead atoms. The van der Waals surface area contributed by atoms with Gasteiger partial charge in [-0.05, 0) is 38.1 Å². The fraction of sp³-hybridized carbons (Fsp3) is 0.467. The number of hydrogen-bond acceptors (Lipinski definition) is 5. The van der Waals surface area contributed by atoms with E-state index in [0.717, 1.165) is 0 Å². The summed E-state index contributed by atoms with van der Waals surface area (Å²) in [4.78, 5) is 12.3. The molecule has 1 aromatic carbocycles. The van der Waals surface area contributed by atoms with Crippen LogP contribution in [0.15, 0.2) is 29.4 Å². The van der Waals surface area contributed by atoms with Crippen LogP contribution >= 0.6 is 0 Å². The lowest BCUT2D eigenvalue weighted by Crippen LogP contribution is -2.58. The van der Waals surface area contributed by atoms with Crippen molar-refractivity contribution in [3.05, 3.63) is 24.3 Å². The fourth-order valence-electron chi connectivity index (χ4n) is 2.25. The van der Waals surface area contributed by atoms with E-state index in [-0.39, 0.29) is 16.5 Å². The molecule has 9 heteroatoms. The van der Waals surface area contributed by atoms with E-state index >= 15 is 0 Å². The minimum Gasteiger partial charge on any atom is -0.497 e. The summed E-state index contributed by atoms with van der Waals surface area (Å²) in [5.41, 5.74) is -3.36. The Labute approximate surface area is 136 Å². The summed E-state index contributed by atoms with van der Waals surface area (Å²) < 4.78 is 49.7. The summed E-state index contributed by atoms with van der Waals surface area (Å²) in [5.74, 6) is -0.262. The van der Waals surface area contributed by atoms with Gasteiger partial charge in [-0.3, -0.25) is 4.79 Å². The molecule has 132 valence electrons. The van der Waals surface area contributed by atoms with Gasteiger partial charge in [0.05, 0.1) is 7.11 Å². The predicted octanol–water partition coefficient (Wildman–Crippen LogP) is 2.32. The van der Waals surface area contributed by atoms with Gasteiger partial charge in [-0.25, -0.2) is 0 Å². The molecular weight excluding hydrogens is 329 g/mol. The third kappa shape index (κ3) is 3.30. The van der Waals surface area contributed by atoms with Crippen molar-refractivity contribution in [1.29, 1.82) is 0 Å². The molecule has 0 radical (unpaired) electrons. The van der Waals surface area contributed by atoms with E-state index in [1.165, 1.54) is 33.1 Å². The van der Waals surface area contributed by atoms with Crippen molar-refractivity contribution in [2.24, 2.45) is 5.10 Å². The SMILES string of the molecule is COc1ccc(O[C@H](C)C(=O)N2N=C(C)C[C@@]2(O)C(F)(F)F)cc1. The molecule has 2 rings (SSSR count). The van der Waals surface area contributed by atoms with Crippen LogP contribution in [-0.2, 0) is 4.79 Å². The number of carbonyl (C=O) groups excluding carboxylic acids is 1. The highest BCUT2D eigenvalue weighted by molar-refractivity contribution is 5.90. The van der Waals surface area contributed by atoms with Crippen molar-refractivity contribution >= 4 is 11.6 Å². The van der Waals surface area contributed by atoms with E-state index < -0.39 is 30.3 Å². The third-order valence-electron chi connectivity index (χ3n) is 3.51. The zero-order valence-electron chi connectivity index (χ0n) is 13.3. The molecule has 0 aromatic heterocycles. The lowest BCUT2D eigenvalue weighted by atomic mass is 10.1. The quantitative estimate of drug-likeness (QED) is 0.908. The molecule has 1 N–H and O–H groups in total. The molecule has 0 saturated heterocycles. The number of ether oxygens (including phenoxy) is 2. The second-order valence-electron chi connectivity index (χ2n) is 5.41. The molecule has 6 nitrogen and oxygen atoms in total. The molecule has 0 unspecified atom stereocenters. The van der Waals surface area contributed by atoms with Crippen LogP contribution in [0.2, 0.25) is 0 Å². The number of nitrogens with zero attached hydrogens (tertiary/aromatic N) is 2. The smallest absolute Gasteiger partial charge is 0.438 e. The highest BCUT2D eigenvalue weighted by atomic mass is 19.4. The normalized spacial score (nSPS) is 22.1. The Morgan fingerprint density at radius 1 is 1.33 bits per heavy atom. The number of methoxy groups -OCH3 is 1. The molecule has 0 saturated carbocycles. The maximum atomic E-state index is 13.1. The minimum atomic E-state index is -5.04. The molecule has 1 aliphatic heterocycles. The first-order valence-corrected chi connectivity index (χ1v) is 7.06. The van der Waals surface area contributed by atoms with Crippen LogP contribution in [0.3, 0.4) is 0 Å². The molecule has 1 aliphatic rings. The Morgan fingerprint density at radius 3 is 2.38 bits per heavy atom. The Kier molecular flexibility index (Phi) is 4.75. The maximum Gasteiger partial charge on any atom is 0.438 e. The number of amides is 1. The van der Waals surface area contributed by atoms with Gasteiger partial charge < -0.3 is 14.6 Å². The third-order valence-corrected chi connectivity index (χ3v) is 3.51. The lowest BCUT2D eigenvalue weighted by molar-refractivity contribution is -0.303. The molecule has 1 amide bonds. The van der Waals surface area contributed by atoms with Gasteiger partial charge in [-0.2, -0.15) is 23.3 Å². The zero-order valence-corrected chi connectivity index (χ0v) is 13.3. The summed E-state index contributed by atoms with van der Waals surface area (Å²) in [6, 6.07) is 6.18. The fourth-order valence-corrected chi connectivity index (χ4v) is 2.25. The van der Waals surface area contributed by atoms with Gasteiger partial charge in [0.15, 0.2) is 6.10 Å². The second kappa shape index (κ2) is 6.31. The van der Waals surface area contributed by atoms with Crippen molar-refractivity contribution in [2.45, 2.75) is 38.3 Å². The number of benzene rings is 1. The maximum absolute atomic E-state index is 13.1. The number of halogens is 3. The molecule has 1 aromatic rings. The molecule has 0 spiro atoms. The number of carbonyl (C=O) groups is 1. The number of hydrazone groups is 1. The van der Waals surface area contributed by atoms with E-state index in [1.54, 1.807) is 12.1 Å². The van der Waals surface area contributed by atoms with E-state index in [0.29, 0.717) is 5.75 Å². The van der Waals surface area contributed by atoms with Gasteiger partial charge in [0.25, 0.3) is 11.6 Å². The van der Waals surface area contributed by atoms with Gasteiger partial charge in [0.2, 0.25) is 0 Å². The van der Waals surface area contributed by atoms with Gasteiger partial charge in [0.1, 0.15) is 11.5 Å². The Hall–Kier alpha value is -2.29. The summed E-state index contributed by atoms with van der Waals surface area (Å²) in [5, 5.41) is 13.5. The number of aliphatic hydroxyl groups is 1. The van der Waals surface area contributed by atoms with Crippen molar-refractivity contribution in [1.82, 2.24) is 5.01 Å². The average Bonchev–Trinajstić information content (AvgIpc) is 2.83. The van der Waals surface area contributed by atoms with E-state index in [4.69, 9.17) is 9.47 Å². The Bertz CT molecular complexity index is 645. The van der Waals surface area contributed by atoms with E-state index in [9.17, 15) is 23.1 Å². The summed E-state index contributed by atoms with van der Waals surface area (Å²) in [6.07, 6.45) is -7.11. The van der Waals surface area contributed by atoms with Crippen LogP contribution < -0.4 is 9.47 Å². The molecule has 2 atom stereocenters. The van der Waals surface area contributed by atoms with E-state index in [2.05, 4.69) is 5.10 Å². The Balaban J connectivity index is 2.16. The number of rotatable bonds is 4. The molecule has 24 heavy (non-hydrogen) atoms. The monoisotopic (exact) mass is 346 g/mol. The molecule has 0 fully saturated rings. The highest BCUT2D eigenvalue weighted by Gasteiger charge is 2.63. The summed E-state index contributed by atoms with van der Waals surface area (Å²) in [7, 11) is 1.48. The second-order valence-corrected chi connectivity index (χ2v) is 5.41. The van der Waals surface area contributed by atoms with Gasteiger partial charge in [0, 0.05) is 12.1 Å². The van der Waals surface area contributed by atoms with Crippen molar-refractivity contribution in [2.75, 3.05) is 7.11 Å². The molecular formula is C15H17F3N2O4. The first-order valence-electron chi connectivity index (χ1n) is 7.06. The summed E-state index contributed by atoms with van der Waals surface area (Å²) >= 11 is 0. The first-order chi connectivity index (χ1) is 11.1. The lowest BCUT2D eigenvalue weighted by Gasteiger charge is -2.33. The van der Waals surface area contributed by atoms with Gasteiger partial charge >= 0.3 is 6.18 Å². The molecule has 0 aliphatic carbocycles. The molecule has 1 heterocycles. The number of hydrogen-bond donors (Lipinski definition) is 1.